The summed E-state index contributed by atoms with van der Waals surface area (Å²) in [6.07, 6.45) is 48.4. The van der Waals surface area contributed by atoms with Crippen molar-refractivity contribution >= 4 is 17.9 Å². The van der Waals surface area contributed by atoms with E-state index in [2.05, 4.69) is 62.5 Å². The molecule has 0 aromatic heterocycles. The standard InChI is InChI=1S/C50H89NO7/c1-6-8-10-12-14-16-18-20-22-24-26-28-30-32-34-36-38-40-48(52)57-45-46(44-56-43-42-47(50(54)55)51(3,4)5)58-49(53)41-39-37-35-33-31-29-27-25-23-21-19-17-15-13-11-9-7-2/h14-17,20-23,46-47H,6-13,18-19,24-45H2,1-5H3/b16-14+,17-15+,22-20+,23-21+. The summed E-state index contributed by atoms with van der Waals surface area (Å²) in [5, 5.41) is 11.6. The largest absolute Gasteiger partial charge is 0.544 e. The van der Waals surface area contributed by atoms with Gasteiger partial charge in [0.25, 0.3) is 0 Å². The number of quaternary nitrogens is 1. The zero-order valence-corrected chi connectivity index (χ0v) is 38.2. The smallest absolute Gasteiger partial charge is 0.306 e. The lowest BCUT2D eigenvalue weighted by atomic mass is 10.1. The van der Waals surface area contributed by atoms with Crippen molar-refractivity contribution in [1.82, 2.24) is 0 Å². The molecule has 0 saturated heterocycles. The van der Waals surface area contributed by atoms with Crippen molar-refractivity contribution in [2.75, 3.05) is 41.0 Å². The second-order valence-corrected chi connectivity index (χ2v) is 17.0. The van der Waals surface area contributed by atoms with Crippen LogP contribution in [-0.2, 0) is 28.6 Å². The van der Waals surface area contributed by atoms with E-state index in [1.165, 1.54) is 103 Å². The molecular weight excluding hydrogens is 727 g/mol. The number of unbranched alkanes of at least 4 members (excludes halogenated alkanes) is 20. The molecule has 336 valence electrons. The van der Waals surface area contributed by atoms with Gasteiger partial charge < -0.3 is 28.6 Å². The lowest BCUT2D eigenvalue weighted by Gasteiger charge is -2.34. The molecule has 0 aromatic carbocycles. The number of carboxylic acid groups (broad SMARTS) is 1. The number of nitrogens with zero attached hydrogens (tertiary/aromatic N) is 1. The number of carbonyl (C=O) groups excluding carboxylic acids is 3. The summed E-state index contributed by atoms with van der Waals surface area (Å²) in [7, 11) is 5.40. The van der Waals surface area contributed by atoms with Gasteiger partial charge in [-0.05, 0) is 77.0 Å². The number of hydrogen-bond donors (Lipinski definition) is 0. The maximum atomic E-state index is 12.7. The van der Waals surface area contributed by atoms with Crippen molar-refractivity contribution in [3.63, 3.8) is 0 Å². The summed E-state index contributed by atoms with van der Waals surface area (Å²) in [6.45, 7) is 4.60. The third-order valence-electron chi connectivity index (χ3n) is 10.4. The number of likely N-dealkylation sites (N-methyl/N-ethyl adjacent to an activating group) is 1. The highest BCUT2D eigenvalue weighted by Crippen LogP contribution is 2.14. The highest BCUT2D eigenvalue weighted by atomic mass is 16.6. The van der Waals surface area contributed by atoms with E-state index >= 15 is 0 Å². The van der Waals surface area contributed by atoms with Crippen molar-refractivity contribution in [2.45, 2.75) is 212 Å². The molecule has 0 amide bonds. The monoisotopic (exact) mass is 816 g/mol. The number of carbonyl (C=O) groups is 3. The van der Waals surface area contributed by atoms with Gasteiger partial charge in [0, 0.05) is 19.3 Å². The number of hydrogen-bond acceptors (Lipinski definition) is 7. The van der Waals surface area contributed by atoms with Crippen molar-refractivity contribution in [1.29, 1.82) is 0 Å². The van der Waals surface area contributed by atoms with Crippen LogP contribution in [0.15, 0.2) is 48.6 Å². The predicted molar refractivity (Wildman–Crippen MR) is 240 cm³/mol. The first kappa shape index (κ1) is 55.3. The lowest BCUT2D eigenvalue weighted by Crippen LogP contribution is -2.55. The van der Waals surface area contributed by atoms with Gasteiger partial charge in [0.1, 0.15) is 12.6 Å². The molecule has 0 aromatic rings. The number of ether oxygens (including phenoxy) is 3. The molecule has 0 bridgehead atoms. The molecule has 0 aliphatic heterocycles. The zero-order chi connectivity index (χ0) is 42.8. The Bertz CT molecular complexity index is 1090. The van der Waals surface area contributed by atoms with Crippen LogP contribution in [0.2, 0.25) is 0 Å². The van der Waals surface area contributed by atoms with E-state index in [1.54, 1.807) is 21.1 Å². The summed E-state index contributed by atoms with van der Waals surface area (Å²) in [5.41, 5.74) is 0. The van der Waals surface area contributed by atoms with Gasteiger partial charge in [-0.25, -0.2) is 0 Å². The maximum Gasteiger partial charge on any atom is 0.306 e. The van der Waals surface area contributed by atoms with E-state index in [0.29, 0.717) is 12.8 Å². The Hall–Kier alpha value is -2.71. The van der Waals surface area contributed by atoms with Gasteiger partial charge in [0.15, 0.2) is 6.10 Å². The van der Waals surface area contributed by atoms with Crippen LogP contribution >= 0.6 is 0 Å². The van der Waals surface area contributed by atoms with Crippen molar-refractivity contribution < 1.29 is 38.2 Å². The fourth-order valence-electron chi connectivity index (χ4n) is 6.72. The van der Waals surface area contributed by atoms with Gasteiger partial charge >= 0.3 is 11.9 Å². The second kappa shape index (κ2) is 41.0. The lowest BCUT2D eigenvalue weighted by molar-refractivity contribution is -0.889. The van der Waals surface area contributed by atoms with Crippen LogP contribution in [0.5, 0.6) is 0 Å². The average Bonchev–Trinajstić information content (AvgIpc) is 3.18. The first-order chi connectivity index (χ1) is 28.1. The van der Waals surface area contributed by atoms with E-state index in [0.717, 1.165) is 64.2 Å². The number of allylic oxidation sites excluding steroid dienone is 8. The van der Waals surface area contributed by atoms with Crippen LogP contribution in [0.25, 0.3) is 0 Å². The third-order valence-corrected chi connectivity index (χ3v) is 10.4. The van der Waals surface area contributed by atoms with Gasteiger partial charge in [-0.2, -0.15) is 0 Å². The molecule has 58 heavy (non-hydrogen) atoms. The molecule has 0 fully saturated rings. The number of aliphatic carboxylic acids is 1. The molecule has 8 heteroatoms. The molecule has 0 spiro atoms. The van der Waals surface area contributed by atoms with Gasteiger partial charge in [-0.15, -0.1) is 0 Å². The molecule has 0 saturated carbocycles. The summed E-state index contributed by atoms with van der Waals surface area (Å²) < 4.78 is 17.2. The SMILES string of the molecule is CCCCC/C=C/C/C=C/CCCCCCCCCC(=O)OCC(COCCC(C(=O)[O-])[N+](C)(C)C)OC(=O)CCCCCCCCC/C=C/C/C=C/CCCCC. The average molecular weight is 816 g/mol. The molecule has 0 N–H and O–H groups in total. The van der Waals surface area contributed by atoms with Gasteiger partial charge in [-0.1, -0.05) is 152 Å². The van der Waals surface area contributed by atoms with Crippen LogP contribution < -0.4 is 5.11 Å². The molecule has 0 radical (unpaired) electrons. The maximum absolute atomic E-state index is 12.7. The minimum atomic E-state index is -1.13. The highest BCUT2D eigenvalue weighted by Gasteiger charge is 2.25. The molecule has 2 unspecified atom stereocenters. The Kier molecular flexibility index (Phi) is 39.1. The van der Waals surface area contributed by atoms with E-state index in [9.17, 15) is 19.5 Å². The van der Waals surface area contributed by atoms with Crippen molar-refractivity contribution in [2.24, 2.45) is 0 Å². The summed E-state index contributed by atoms with van der Waals surface area (Å²) >= 11 is 0. The third kappa shape index (κ3) is 38.8. The fraction of sp³-hybridized carbons (Fsp3) is 0.780. The Balaban J connectivity index is 4.33. The first-order valence-electron chi connectivity index (χ1n) is 23.7. The summed E-state index contributed by atoms with van der Waals surface area (Å²) in [6, 6.07) is -0.729. The van der Waals surface area contributed by atoms with Crippen molar-refractivity contribution in [3.05, 3.63) is 48.6 Å². The highest BCUT2D eigenvalue weighted by molar-refractivity contribution is 5.70. The Morgan fingerprint density at radius 3 is 1.33 bits per heavy atom. The summed E-state index contributed by atoms with van der Waals surface area (Å²) in [5.74, 6) is -1.75. The van der Waals surface area contributed by atoms with Crippen LogP contribution in [-0.4, -0.2) is 75.5 Å². The number of esters is 2. The Morgan fingerprint density at radius 1 is 0.517 bits per heavy atom. The zero-order valence-electron chi connectivity index (χ0n) is 38.2. The number of carboxylic acids is 1. The molecule has 0 aliphatic rings. The molecule has 8 nitrogen and oxygen atoms in total. The second-order valence-electron chi connectivity index (χ2n) is 17.0. The molecule has 0 heterocycles. The summed E-state index contributed by atoms with van der Waals surface area (Å²) in [4.78, 5) is 36.9. The Labute approximate surface area is 356 Å². The van der Waals surface area contributed by atoms with E-state index in [4.69, 9.17) is 14.2 Å². The normalized spacial score (nSPS) is 13.3. The quantitative estimate of drug-likeness (QED) is 0.0262. The van der Waals surface area contributed by atoms with Gasteiger partial charge in [0.05, 0.1) is 40.3 Å². The first-order valence-corrected chi connectivity index (χ1v) is 23.7. The molecule has 0 rings (SSSR count). The van der Waals surface area contributed by atoms with Crippen molar-refractivity contribution in [3.8, 4) is 0 Å². The predicted octanol–water partition coefficient (Wildman–Crippen LogP) is 11.9. The van der Waals surface area contributed by atoms with E-state index in [-0.39, 0.29) is 42.7 Å². The number of rotatable bonds is 42. The van der Waals surface area contributed by atoms with Crippen LogP contribution in [0.1, 0.15) is 200 Å². The topological polar surface area (TPSA) is 102 Å². The van der Waals surface area contributed by atoms with Crippen LogP contribution in [0.3, 0.4) is 0 Å². The molecular formula is C50H89NO7. The molecule has 0 aliphatic carbocycles. The van der Waals surface area contributed by atoms with E-state index < -0.39 is 18.1 Å². The van der Waals surface area contributed by atoms with Gasteiger partial charge in [0.2, 0.25) is 0 Å². The van der Waals surface area contributed by atoms with E-state index in [1.807, 2.05) is 0 Å². The molecule has 2 atom stereocenters. The van der Waals surface area contributed by atoms with Crippen LogP contribution in [0.4, 0.5) is 0 Å². The van der Waals surface area contributed by atoms with Gasteiger partial charge in [-0.3, -0.25) is 9.59 Å². The Morgan fingerprint density at radius 2 is 0.914 bits per heavy atom. The van der Waals surface area contributed by atoms with Crippen LogP contribution in [0, 0.1) is 0 Å². The minimum Gasteiger partial charge on any atom is -0.544 e. The fourth-order valence-corrected chi connectivity index (χ4v) is 6.72. The minimum absolute atomic E-state index is 0.0346.